The van der Waals surface area contributed by atoms with Crippen LogP contribution in [0.25, 0.3) is 0 Å². The van der Waals surface area contributed by atoms with Crippen LogP contribution in [0.4, 0.5) is 0 Å². The molecule has 1 aromatic rings. The molecule has 2 unspecified atom stereocenters. The van der Waals surface area contributed by atoms with Gasteiger partial charge in [-0.25, -0.2) is 0 Å². The minimum atomic E-state index is -0.765. The van der Waals surface area contributed by atoms with E-state index in [1.807, 2.05) is 36.1 Å². The third kappa shape index (κ3) is 3.85. The standard InChI is InChI=1S/C20H27NO5/c1-13(14-3-5-16(25-2)6-4-14)19(22)21-10-7-15(8-11-21)18-17(20(23)24)9-12-26-18/h3-6,13,15,17-18H,7-12H2,1-2H3,(H,23,24)/t13?,17?,18-/m0/s1. The number of rotatable bonds is 5. The number of likely N-dealkylation sites (tertiary alicyclic amines) is 1. The predicted molar refractivity (Wildman–Crippen MR) is 96.2 cm³/mol. The zero-order valence-corrected chi connectivity index (χ0v) is 15.4. The molecule has 6 heteroatoms. The monoisotopic (exact) mass is 361 g/mol. The van der Waals surface area contributed by atoms with E-state index in [1.54, 1.807) is 7.11 Å². The molecule has 0 aliphatic carbocycles. The fourth-order valence-electron chi connectivity index (χ4n) is 4.10. The van der Waals surface area contributed by atoms with Crippen molar-refractivity contribution >= 4 is 11.9 Å². The van der Waals surface area contributed by atoms with Crippen LogP contribution in [-0.4, -0.2) is 54.8 Å². The first-order valence-corrected chi connectivity index (χ1v) is 9.28. The molecule has 0 bridgehead atoms. The van der Waals surface area contributed by atoms with Crippen LogP contribution in [0.5, 0.6) is 5.75 Å². The maximum Gasteiger partial charge on any atom is 0.309 e. The molecule has 2 heterocycles. The number of carbonyl (C=O) groups is 2. The van der Waals surface area contributed by atoms with Crippen molar-refractivity contribution in [3.05, 3.63) is 29.8 Å². The zero-order valence-electron chi connectivity index (χ0n) is 15.4. The molecule has 2 aliphatic rings. The average Bonchev–Trinajstić information content (AvgIpc) is 3.17. The number of methoxy groups -OCH3 is 1. The summed E-state index contributed by atoms with van der Waals surface area (Å²) in [5.41, 5.74) is 0.975. The first-order valence-electron chi connectivity index (χ1n) is 9.28. The van der Waals surface area contributed by atoms with E-state index in [0.29, 0.717) is 26.1 Å². The van der Waals surface area contributed by atoms with Gasteiger partial charge in [-0.05, 0) is 49.8 Å². The van der Waals surface area contributed by atoms with Gasteiger partial charge >= 0.3 is 5.97 Å². The van der Waals surface area contributed by atoms with E-state index in [9.17, 15) is 14.7 Å². The Balaban J connectivity index is 1.56. The fourth-order valence-corrected chi connectivity index (χ4v) is 4.10. The molecule has 0 radical (unpaired) electrons. The first-order chi connectivity index (χ1) is 12.5. The molecule has 1 amide bonds. The van der Waals surface area contributed by atoms with Gasteiger partial charge < -0.3 is 19.5 Å². The van der Waals surface area contributed by atoms with Gasteiger partial charge in [0.1, 0.15) is 5.75 Å². The van der Waals surface area contributed by atoms with Crippen LogP contribution in [0.15, 0.2) is 24.3 Å². The van der Waals surface area contributed by atoms with Gasteiger partial charge in [0.2, 0.25) is 5.91 Å². The molecule has 2 saturated heterocycles. The highest BCUT2D eigenvalue weighted by Gasteiger charge is 2.41. The van der Waals surface area contributed by atoms with Crippen molar-refractivity contribution < 1.29 is 24.2 Å². The SMILES string of the molecule is COc1ccc(C(C)C(=O)N2CCC([C@@H]3OCCC3C(=O)O)CC2)cc1. The van der Waals surface area contributed by atoms with Crippen molar-refractivity contribution in [1.82, 2.24) is 4.90 Å². The zero-order chi connectivity index (χ0) is 18.7. The molecular formula is C20H27NO5. The van der Waals surface area contributed by atoms with Gasteiger partial charge in [-0.3, -0.25) is 9.59 Å². The van der Waals surface area contributed by atoms with Crippen LogP contribution >= 0.6 is 0 Å². The lowest BCUT2D eigenvalue weighted by Crippen LogP contribution is -2.44. The van der Waals surface area contributed by atoms with Crippen molar-refractivity contribution in [2.75, 3.05) is 26.8 Å². The first kappa shape index (κ1) is 18.7. The molecule has 0 spiro atoms. The Morgan fingerprint density at radius 1 is 1.19 bits per heavy atom. The molecule has 0 saturated carbocycles. The van der Waals surface area contributed by atoms with E-state index >= 15 is 0 Å². The molecule has 1 N–H and O–H groups in total. The Morgan fingerprint density at radius 3 is 2.42 bits per heavy atom. The predicted octanol–water partition coefficient (Wildman–Crippen LogP) is 2.53. The largest absolute Gasteiger partial charge is 0.497 e. The number of piperidine rings is 1. The summed E-state index contributed by atoms with van der Waals surface area (Å²) in [6, 6.07) is 7.60. The lowest BCUT2D eigenvalue weighted by atomic mass is 9.84. The molecule has 1 aromatic carbocycles. The minimum absolute atomic E-state index is 0.121. The maximum atomic E-state index is 12.8. The molecule has 2 aliphatic heterocycles. The molecular weight excluding hydrogens is 334 g/mol. The summed E-state index contributed by atoms with van der Waals surface area (Å²) in [4.78, 5) is 26.1. The van der Waals surface area contributed by atoms with Gasteiger partial charge in [-0.1, -0.05) is 12.1 Å². The Kier molecular flexibility index (Phi) is 5.81. The van der Waals surface area contributed by atoms with Crippen LogP contribution in [-0.2, 0) is 14.3 Å². The van der Waals surface area contributed by atoms with Gasteiger partial charge in [0.15, 0.2) is 0 Å². The number of amides is 1. The van der Waals surface area contributed by atoms with Crippen molar-refractivity contribution in [2.24, 2.45) is 11.8 Å². The van der Waals surface area contributed by atoms with Crippen LogP contribution in [0.3, 0.4) is 0 Å². The van der Waals surface area contributed by atoms with Gasteiger partial charge in [0.25, 0.3) is 0 Å². The summed E-state index contributed by atoms with van der Waals surface area (Å²) in [6.45, 7) is 3.78. The third-order valence-electron chi connectivity index (χ3n) is 5.76. The molecule has 0 aromatic heterocycles. The summed E-state index contributed by atoms with van der Waals surface area (Å²) >= 11 is 0. The number of carboxylic acid groups (broad SMARTS) is 1. The second-order valence-corrected chi connectivity index (χ2v) is 7.23. The Hall–Kier alpha value is -2.08. The van der Waals surface area contributed by atoms with Gasteiger partial charge in [0, 0.05) is 19.7 Å². The van der Waals surface area contributed by atoms with Crippen molar-refractivity contribution in [2.45, 2.75) is 38.2 Å². The molecule has 3 atom stereocenters. The van der Waals surface area contributed by atoms with Gasteiger partial charge in [0.05, 0.1) is 25.0 Å². The number of hydrogen-bond donors (Lipinski definition) is 1. The third-order valence-corrected chi connectivity index (χ3v) is 5.76. The highest BCUT2D eigenvalue weighted by atomic mass is 16.5. The number of benzene rings is 1. The van der Waals surface area contributed by atoms with Crippen molar-refractivity contribution in [3.8, 4) is 5.75 Å². The molecule has 142 valence electrons. The maximum absolute atomic E-state index is 12.8. The normalized spacial score (nSPS) is 25.1. The summed E-state index contributed by atoms with van der Waals surface area (Å²) in [7, 11) is 1.62. The number of nitrogens with zero attached hydrogens (tertiary/aromatic N) is 1. The number of aliphatic carboxylic acids is 1. The van der Waals surface area contributed by atoms with E-state index in [-0.39, 0.29) is 23.8 Å². The van der Waals surface area contributed by atoms with Crippen LogP contribution in [0.2, 0.25) is 0 Å². The van der Waals surface area contributed by atoms with Gasteiger partial charge in [-0.2, -0.15) is 0 Å². The van der Waals surface area contributed by atoms with Crippen molar-refractivity contribution in [1.29, 1.82) is 0 Å². The number of carboxylic acids is 1. The molecule has 6 nitrogen and oxygen atoms in total. The average molecular weight is 361 g/mol. The quantitative estimate of drug-likeness (QED) is 0.872. The summed E-state index contributed by atoms with van der Waals surface area (Å²) in [6.07, 6.45) is 1.99. The van der Waals surface area contributed by atoms with Crippen LogP contribution in [0, 0.1) is 11.8 Å². The smallest absolute Gasteiger partial charge is 0.309 e. The minimum Gasteiger partial charge on any atom is -0.497 e. The summed E-state index contributed by atoms with van der Waals surface area (Å²) < 4.78 is 10.9. The Morgan fingerprint density at radius 2 is 1.85 bits per heavy atom. The fraction of sp³-hybridized carbons (Fsp3) is 0.600. The topological polar surface area (TPSA) is 76.1 Å². The summed E-state index contributed by atoms with van der Waals surface area (Å²) in [5.74, 6) is -0.250. The molecule has 26 heavy (non-hydrogen) atoms. The van der Waals surface area contributed by atoms with Crippen LogP contribution < -0.4 is 4.74 Å². The van der Waals surface area contributed by atoms with E-state index < -0.39 is 11.9 Å². The number of carbonyl (C=O) groups excluding carboxylic acids is 1. The molecule has 2 fully saturated rings. The van der Waals surface area contributed by atoms with Crippen LogP contribution in [0.1, 0.15) is 37.7 Å². The lowest BCUT2D eigenvalue weighted by Gasteiger charge is -2.36. The highest BCUT2D eigenvalue weighted by Crippen LogP contribution is 2.34. The number of hydrogen-bond acceptors (Lipinski definition) is 4. The van der Waals surface area contributed by atoms with E-state index in [4.69, 9.17) is 9.47 Å². The lowest BCUT2D eigenvalue weighted by molar-refractivity contribution is -0.146. The van der Waals surface area contributed by atoms with E-state index in [2.05, 4.69) is 0 Å². The van der Waals surface area contributed by atoms with Crippen molar-refractivity contribution in [3.63, 3.8) is 0 Å². The number of ether oxygens (including phenoxy) is 2. The Labute approximate surface area is 154 Å². The highest BCUT2D eigenvalue weighted by molar-refractivity contribution is 5.83. The van der Waals surface area contributed by atoms with E-state index in [1.165, 1.54) is 0 Å². The summed E-state index contributed by atoms with van der Waals surface area (Å²) in [5, 5.41) is 9.34. The van der Waals surface area contributed by atoms with E-state index in [0.717, 1.165) is 24.2 Å². The second-order valence-electron chi connectivity index (χ2n) is 7.23. The van der Waals surface area contributed by atoms with Gasteiger partial charge in [-0.15, -0.1) is 0 Å². The second kappa shape index (κ2) is 8.08. The Bertz CT molecular complexity index is 636. The molecule has 3 rings (SSSR count).